The molecule has 1 aromatic carbocycles. The lowest BCUT2D eigenvalue weighted by Crippen LogP contribution is -2.13. The summed E-state index contributed by atoms with van der Waals surface area (Å²) < 4.78 is 1.97. The molecule has 0 fully saturated rings. The molecule has 15 heavy (non-hydrogen) atoms. The zero-order valence-corrected chi connectivity index (χ0v) is 8.64. The number of nitrogens with one attached hydrogen (secondary N) is 1. The number of nitrogens with zero attached hydrogens (tertiary/aromatic N) is 2. The van der Waals surface area contributed by atoms with Gasteiger partial charge in [0.2, 0.25) is 0 Å². The molecule has 0 aliphatic rings. The topological polar surface area (TPSA) is 41.7 Å². The Morgan fingerprint density at radius 2 is 2.00 bits per heavy atom. The summed E-state index contributed by atoms with van der Waals surface area (Å²) in [6.07, 6.45) is 3.65. The third-order valence-corrected chi connectivity index (χ3v) is 2.34. The average molecular weight is 199 g/mol. The molecule has 0 spiro atoms. The standard InChI is InChI=1S/C12H13N3/c1-2-15-8-11(12(13)14-9-15)10-6-4-3-5-7-10/h3-9,13H,2H2,1H3. The number of aromatic nitrogens is 2. The van der Waals surface area contributed by atoms with Crippen molar-refractivity contribution >= 4 is 0 Å². The molecule has 0 aliphatic heterocycles. The van der Waals surface area contributed by atoms with Gasteiger partial charge >= 0.3 is 0 Å². The second-order valence-electron chi connectivity index (χ2n) is 3.33. The van der Waals surface area contributed by atoms with E-state index in [4.69, 9.17) is 5.41 Å². The molecule has 0 atom stereocenters. The Hall–Kier alpha value is -1.90. The molecule has 2 rings (SSSR count). The van der Waals surface area contributed by atoms with Gasteiger partial charge in [-0.1, -0.05) is 30.3 Å². The molecule has 0 aliphatic carbocycles. The molecule has 0 bridgehead atoms. The fourth-order valence-electron chi connectivity index (χ4n) is 1.46. The third-order valence-electron chi connectivity index (χ3n) is 2.34. The molecule has 0 amide bonds. The van der Waals surface area contributed by atoms with Gasteiger partial charge in [-0.05, 0) is 12.5 Å². The molecule has 0 saturated carbocycles. The van der Waals surface area contributed by atoms with E-state index in [9.17, 15) is 0 Å². The van der Waals surface area contributed by atoms with E-state index in [1.54, 1.807) is 6.33 Å². The van der Waals surface area contributed by atoms with Gasteiger partial charge in [-0.3, -0.25) is 5.41 Å². The Morgan fingerprint density at radius 1 is 1.27 bits per heavy atom. The van der Waals surface area contributed by atoms with Gasteiger partial charge in [0.1, 0.15) is 0 Å². The van der Waals surface area contributed by atoms with Crippen LogP contribution in [0.15, 0.2) is 42.9 Å². The predicted octanol–water partition coefficient (Wildman–Crippen LogP) is 2.05. The first-order chi connectivity index (χ1) is 7.31. The first kappa shape index (κ1) is 9.65. The van der Waals surface area contributed by atoms with Gasteiger partial charge in [-0.2, -0.15) is 0 Å². The lowest BCUT2D eigenvalue weighted by Gasteiger charge is -2.05. The van der Waals surface area contributed by atoms with Crippen LogP contribution in [0.1, 0.15) is 6.92 Å². The maximum absolute atomic E-state index is 7.76. The first-order valence-electron chi connectivity index (χ1n) is 4.97. The molecule has 76 valence electrons. The van der Waals surface area contributed by atoms with E-state index >= 15 is 0 Å². The molecule has 1 N–H and O–H groups in total. The van der Waals surface area contributed by atoms with E-state index in [1.807, 2.05) is 41.1 Å². The summed E-state index contributed by atoms with van der Waals surface area (Å²) in [4.78, 5) is 4.06. The van der Waals surface area contributed by atoms with E-state index in [1.165, 1.54) is 0 Å². The van der Waals surface area contributed by atoms with Gasteiger partial charge in [0.25, 0.3) is 0 Å². The monoisotopic (exact) mass is 199 g/mol. The minimum Gasteiger partial charge on any atom is -0.338 e. The summed E-state index contributed by atoms with van der Waals surface area (Å²) in [5.74, 6) is 0. The highest BCUT2D eigenvalue weighted by Crippen LogP contribution is 2.12. The minimum atomic E-state index is 0.325. The van der Waals surface area contributed by atoms with Crippen molar-refractivity contribution in [3.05, 3.63) is 48.3 Å². The van der Waals surface area contributed by atoms with Crippen molar-refractivity contribution in [2.24, 2.45) is 0 Å². The summed E-state index contributed by atoms with van der Waals surface area (Å²) in [6, 6.07) is 9.90. The summed E-state index contributed by atoms with van der Waals surface area (Å²) in [7, 11) is 0. The van der Waals surface area contributed by atoms with Crippen LogP contribution in [-0.2, 0) is 6.54 Å². The molecule has 1 aromatic heterocycles. The van der Waals surface area contributed by atoms with E-state index in [0.29, 0.717) is 5.49 Å². The predicted molar refractivity (Wildman–Crippen MR) is 59.2 cm³/mol. The lowest BCUT2D eigenvalue weighted by atomic mass is 10.1. The maximum Gasteiger partial charge on any atom is 0.155 e. The Labute approximate surface area is 88.6 Å². The lowest BCUT2D eigenvalue weighted by molar-refractivity contribution is 0.727. The SMILES string of the molecule is CCn1cnc(=N)c(-c2ccccc2)c1. The van der Waals surface area contributed by atoms with Crippen LogP contribution in [0.3, 0.4) is 0 Å². The van der Waals surface area contributed by atoms with Crippen LogP contribution in [0.25, 0.3) is 11.1 Å². The molecular formula is C12H13N3. The normalized spacial score (nSPS) is 10.2. The van der Waals surface area contributed by atoms with Gasteiger partial charge in [-0.15, -0.1) is 0 Å². The van der Waals surface area contributed by atoms with Gasteiger partial charge in [-0.25, -0.2) is 4.98 Å². The highest BCUT2D eigenvalue weighted by molar-refractivity contribution is 5.60. The molecule has 0 unspecified atom stereocenters. The fourth-order valence-corrected chi connectivity index (χ4v) is 1.46. The van der Waals surface area contributed by atoms with E-state index in [-0.39, 0.29) is 0 Å². The van der Waals surface area contributed by atoms with Crippen LogP contribution in [0.5, 0.6) is 0 Å². The number of benzene rings is 1. The van der Waals surface area contributed by atoms with Crippen molar-refractivity contribution in [3.63, 3.8) is 0 Å². The van der Waals surface area contributed by atoms with Gasteiger partial charge < -0.3 is 4.57 Å². The Balaban J connectivity index is 2.57. The Morgan fingerprint density at radius 3 is 2.67 bits per heavy atom. The van der Waals surface area contributed by atoms with E-state index in [2.05, 4.69) is 11.9 Å². The van der Waals surface area contributed by atoms with Gasteiger partial charge in [0.15, 0.2) is 5.49 Å². The van der Waals surface area contributed by atoms with Crippen LogP contribution in [-0.4, -0.2) is 9.55 Å². The minimum absolute atomic E-state index is 0.325. The second-order valence-corrected chi connectivity index (χ2v) is 3.33. The van der Waals surface area contributed by atoms with Crippen molar-refractivity contribution < 1.29 is 0 Å². The quantitative estimate of drug-likeness (QED) is 0.790. The molecule has 0 radical (unpaired) electrons. The molecule has 3 heteroatoms. The second kappa shape index (κ2) is 4.09. The van der Waals surface area contributed by atoms with Crippen molar-refractivity contribution in [3.8, 4) is 11.1 Å². The average Bonchev–Trinajstić information content (AvgIpc) is 2.31. The van der Waals surface area contributed by atoms with Gasteiger partial charge in [0, 0.05) is 18.3 Å². The highest BCUT2D eigenvalue weighted by Gasteiger charge is 2.00. The molecule has 1 heterocycles. The summed E-state index contributed by atoms with van der Waals surface area (Å²) in [6.45, 7) is 2.92. The van der Waals surface area contributed by atoms with Crippen molar-refractivity contribution in [1.82, 2.24) is 9.55 Å². The van der Waals surface area contributed by atoms with E-state index < -0.39 is 0 Å². The summed E-state index contributed by atoms with van der Waals surface area (Å²) >= 11 is 0. The van der Waals surface area contributed by atoms with Gasteiger partial charge in [0.05, 0.1) is 6.33 Å². The van der Waals surface area contributed by atoms with Crippen LogP contribution in [0, 0.1) is 5.41 Å². The molecule has 2 aromatic rings. The Kier molecular flexibility index (Phi) is 2.63. The largest absolute Gasteiger partial charge is 0.338 e. The Bertz CT molecular complexity index is 500. The summed E-state index contributed by atoms with van der Waals surface area (Å²) in [5, 5.41) is 7.76. The highest BCUT2D eigenvalue weighted by atomic mass is 15.0. The molecule has 0 saturated heterocycles. The number of hydrogen-bond acceptors (Lipinski definition) is 2. The maximum atomic E-state index is 7.76. The fraction of sp³-hybridized carbons (Fsp3) is 0.167. The van der Waals surface area contributed by atoms with Crippen LogP contribution in [0.2, 0.25) is 0 Å². The molecular weight excluding hydrogens is 186 g/mol. The smallest absolute Gasteiger partial charge is 0.155 e. The number of aryl methyl sites for hydroxylation is 1. The number of hydrogen-bond donors (Lipinski definition) is 1. The number of rotatable bonds is 2. The zero-order valence-electron chi connectivity index (χ0n) is 8.64. The van der Waals surface area contributed by atoms with Crippen molar-refractivity contribution in [2.45, 2.75) is 13.5 Å². The third kappa shape index (κ3) is 1.96. The van der Waals surface area contributed by atoms with Crippen LogP contribution >= 0.6 is 0 Å². The van der Waals surface area contributed by atoms with Crippen LogP contribution < -0.4 is 5.49 Å². The van der Waals surface area contributed by atoms with Crippen molar-refractivity contribution in [1.29, 1.82) is 5.41 Å². The molecule has 3 nitrogen and oxygen atoms in total. The van der Waals surface area contributed by atoms with E-state index in [0.717, 1.165) is 17.7 Å². The first-order valence-corrected chi connectivity index (χ1v) is 4.97. The van der Waals surface area contributed by atoms with Crippen LogP contribution in [0.4, 0.5) is 0 Å². The van der Waals surface area contributed by atoms with Crippen molar-refractivity contribution in [2.75, 3.05) is 0 Å². The summed E-state index contributed by atoms with van der Waals surface area (Å²) in [5.41, 5.74) is 2.24. The zero-order chi connectivity index (χ0) is 10.7.